The van der Waals surface area contributed by atoms with Crippen LogP contribution in [-0.2, 0) is 29.7 Å². The van der Waals surface area contributed by atoms with Crippen LogP contribution in [0.3, 0.4) is 0 Å². The summed E-state index contributed by atoms with van der Waals surface area (Å²) in [5.74, 6) is 0.0123. The van der Waals surface area contributed by atoms with Gasteiger partial charge in [0.1, 0.15) is 6.54 Å². The molecule has 3 aromatic heterocycles. The Kier molecular flexibility index (Phi) is 5.33. The van der Waals surface area contributed by atoms with E-state index in [0.717, 1.165) is 11.3 Å². The van der Waals surface area contributed by atoms with E-state index in [1.54, 1.807) is 35.2 Å². The van der Waals surface area contributed by atoms with E-state index >= 15 is 0 Å². The smallest absolute Gasteiger partial charge is 0.332 e. The molecular weight excluding hydrogens is 398 g/mol. The van der Waals surface area contributed by atoms with Gasteiger partial charge in [-0.3, -0.25) is 23.1 Å². The first-order valence-corrected chi connectivity index (χ1v) is 9.97. The van der Waals surface area contributed by atoms with Gasteiger partial charge in [-0.25, -0.2) is 4.79 Å². The van der Waals surface area contributed by atoms with E-state index in [0.29, 0.717) is 5.78 Å². The van der Waals surface area contributed by atoms with Gasteiger partial charge in [-0.1, -0.05) is 42.5 Å². The maximum Gasteiger partial charge on any atom is 0.332 e. The van der Waals surface area contributed by atoms with E-state index in [4.69, 9.17) is 4.74 Å². The van der Waals surface area contributed by atoms with E-state index in [1.807, 2.05) is 43.3 Å². The van der Waals surface area contributed by atoms with Gasteiger partial charge < -0.3 is 9.30 Å². The summed E-state index contributed by atoms with van der Waals surface area (Å²) in [5, 5.41) is 0. The van der Waals surface area contributed by atoms with Crippen LogP contribution in [0.4, 0.5) is 0 Å². The van der Waals surface area contributed by atoms with Crippen molar-refractivity contribution in [2.45, 2.75) is 26.9 Å². The Morgan fingerprint density at radius 2 is 1.90 bits per heavy atom. The van der Waals surface area contributed by atoms with Crippen molar-refractivity contribution in [2.75, 3.05) is 6.61 Å². The number of hydrogen-bond acceptors (Lipinski definition) is 5. The zero-order chi connectivity index (χ0) is 22.1. The van der Waals surface area contributed by atoms with Crippen LogP contribution < -0.4 is 11.2 Å². The predicted molar refractivity (Wildman–Crippen MR) is 117 cm³/mol. The Labute approximate surface area is 177 Å². The van der Waals surface area contributed by atoms with Gasteiger partial charge in [-0.2, -0.15) is 4.98 Å². The Morgan fingerprint density at radius 1 is 1.16 bits per heavy atom. The van der Waals surface area contributed by atoms with Crippen LogP contribution in [0.25, 0.3) is 23.0 Å². The fourth-order valence-electron chi connectivity index (χ4n) is 3.61. The molecule has 0 aliphatic carbocycles. The van der Waals surface area contributed by atoms with Gasteiger partial charge in [0.2, 0.25) is 5.78 Å². The first-order valence-electron chi connectivity index (χ1n) is 9.97. The standard InChI is InChI=1S/C22H23N5O4/c1-4-31-17(28)14-26-15(2)13-27-18-19(23-21(26)27)24(3)22(30)25(20(18)29)12-8-11-16-9-6-5-7-10-16/h5-11,13H,4,12,14H2,1-3H3. The molecule has 0 radical (unpaired) electrons. The molecule has 4 rings (SSSR count). The molecule has 0 fully saturated rings. The van der Waals surface area contributed by atoms with E-state index in [1.165, 1.54) is 9.13 Å². The van der Waals surface area contributed by atoms with Crippen LogP contribution in [0.1, 0.15) is 18.2 Å². The number of hydrogen-bond donors (Lipinski definition) is 0. The highest BCUT2D eigenvalue weighted by atomic mass is 16.5. The molecule has 9 heteroatoms. The molecule has 0 bridgehead atoms. The summed E-state index contributed by atoms with van der Waals surface area (Å²) in [7, 11) is 1.58. The fourth-order valence-corrected chi connectivity index (χ4v) is 3.61. The third-order valence-electron chi connectivity index (χ3n) is 5.13. The molecule has 0 amide bonds. The minimum absolute atomic E-state index is 0.0263. The van der Waals surface area contributed by atoms with E-state index < -0.39 is 17.2 Å². The topological polar surface area (TPSA) is 92.5 Å². The number of imidazole rings is 2. The lowest BCUT2D eigenvalue weighted by Crippen LogP contribution is -2.39. The summed E-state index contributed by atoms with van der Waals surface area (Å²) >= 11 is 0. The summed E-state index contributed by atoms with van der Waals surface area (Å²) in [6.45, 7) is 3.95. The second kappa shape index (κ2) is 8.10. The van der Waals surface area contributed by atoms with Crippen LogP contribution >= 0.6 is 0 Å². The zero-order valence-electron chi connectivity index (χ0n) is 17.6. The third-order valence-corrected chi connectivity index (χ3v) is 5.13. The molecule has 0 unspecified atom stereocenters. The average Bonchev–Trinajstić information content (AvgIpc) is 3.26. The Balaban J connectivity index is 1.82. The number of aryl methyl sites for hydroxylation is 2. The number of esters is 1. The normalized spacial score (nSPS) is 11.7. The maximum atomic E-state index is 13.2. The van der Waals surface area contributed by atoms with Crippen LogP contribution in [-0.4, -0.2) is 35.7 Å². The molecule has 31 heavy (non-hydrogen) atoms. The summed E-state index contributed by atoms with van der Waals surface area (Å²) in [4.78, 5) is 42.5. The molecule has 3 heterocycles. The first-order chi connectivity index (χ1) is 14.9. The third kappa shape index (κ3) is 3.58. The van der Waals surface area contributed by atoms with Crippen molar-refractivity contribution < 1.29 is 9.53 Å². The number of benzene rings is 1. The molecule has 0 spiro atoms. The summed E-state index contributed by atoms with van der Waals surface area (Å²) < 4.78 is 10.9. The fraction of sp³-hybridized carbons (Fsp3) is 0.273. The summed E-state index contributed by atoms with van der Waals surface area (Å²) in [6.07, 6.45) is 5.38. The molecule has 0 aliphatic rings. The van der Waals surface area contributed by atoms with Gasteiger partial charge in [0.15, 0.2) is 11.2 Å². The predicted octanol–water partition coefficient (Wildman–Crippen LogP) is 1.73. The summed E-state index contributed by atoms with van der Waals surface area (Å²) in [5.41, 5.74) is 1.40. The van der Waals surface area contributed by atoms with Crippen LogP contribution in [0.15, 0.2) is 52.2 Å². The van der Waals surface area contributed by atoms with Crippen molar-refractivity contribution in [1.29, 1.82) is 0 Å². The largest absolute Gasteiger partial charge is 0.465 e. The van der Waals surface area contributed by atoms with Crippen molar-refractivity contribution in [2.24, 2.45) is 7.05 Å². The molecule has 4 aromatic rings. The number of aromatic nitrogens is 5. The molecule has 0 saturated carbocycles. The van der Waals surface area contributed by atoms with E-state index in [2.05, 4.69) is 4.98 Å². The molecule has 160 valence electrons. The lowest BCUT2D eigenvalue weighted by atomic mass is 10.2. The van der Waals surface area contributed by atoms with Gasteiger partial charge in [-0.05, 0) is 19.4 Å². The van der Waals surface area contributed by atoms with Crippen molar-refractivity contribution in [1.82, 2.24) is 23.1 Å². The highest BCUT2D eigenvalue weighted by Gasteiger charge is 2.20. The van der Waals surface area contributed by atoms with Crippen molar-refractivity contribution in [3.05, 3.63) is 74.7 Å². The molecule has 0 aliphatic heterocycles. The minimum atomic E-state index is -0.454. The van der Waals surface area contributed by atoms with Crippen LogP contribution in [0, 0.1) is 6.92 Å². The average molecular weight is 421 g/mol. The minimum Gasteiger partial charge on any atom is -0.465 e. The number of nitrogens with zero attached hydrogens (tertiary/aromatic N) is 5. The summed E-state index contributed by atoms with van der Waals surface area (Å²) in [6, 6.07) is 9.64. The van der Waals surface area contributed by atoms with Gasteiger partial charge in [0.05, 0.1) is 6.61 Å². The molecular formula is C22H23N5O4. The SMILES string of the molecule is CCOC(=O)Cn1c(C)cn2c3c(=O)n(CC=Cc4ccccc4)c(=O)n(C)c3nc12. The molecule has 0 atom stereocenters. The Bertz CT molecular complexity index is 1420. The van der Waals surface area contributed by atoms with Crippen LogP contribution in [0.2, 0.25) is 0 Å². The van der Waals surface area contributed by atoms with Crippen molar-refractivity contribution in [3.63, 3.8) is 0 Å². The first kappa shape index (κ1) is 20.4. The van der Waals surface area contributed by atoms with E-state index in [-0.39, 0.29) is 30.9 Å². The van der Waals surface area contributed by atoms with E-state index in [9.17, 15) is 14.4 Å². The molecule has 1 aromatic carbocycles. The molecule has 0 saturated heterocycles. The lowest BCUT2D eigenvalue weighted by Gasteiger charge is -2.06. The monoisotopic (exact) mass is 421 g/mol. The van der Waals surface area contributed by atoms with Gasteiger partial charge in [-0.15, -0.1) is 0 Å². The van der Waals surface area contributed by atoms with Gasteiger partial charge in [0, 0.05) is 25.5 Å². The number of carbonyl (C=O) groups excluding carboxylic acids is 1. The Morgan fingerprint density at radius 3 is 2.61 bits per heavy atom. The lowest BCUT2D eigenvalue weighted by molar-refractivity contribution is -0.143. The van der Waals surface area contributed by atoms with Crippen LogP contribution in [0.5, 0.6) is 0 Å². The highest BCUT2D eigenvalue weighted by Crippen LogP contribution is 2.16. The van der Waals surface area contributed by atoms with Crippen molar-refractivity contribution in [3.8, 4) is 0 Å². The Hall–Kier alpha value is -3.88. The van der Waals surface area contributed by atoms with Crippen molar-refractivity contribution >= 4 is 29.0 Å². The second-order valence-electron chi connectivity index (χ2n) is 7.19. The maximum absolute atomic E-state index is 13.2. The van der Waals surface area contributed by atoms with Gasteiger partial charge >= 0.3 is 11.7 Å². The van der Waals surface area contributed by atoms with Gasteiger partial charge in [0.25, 0.3) is 5.56 Å². The number of fused-ring (bicyclic) bond motifs is 3. The molecule has 0 N–H and O–H groups in total. The number of ether oxygens (including phenoxy) is 1. The second-order valence-corrected chi connectivity index (χ2v) is 7.19. The quantitative estimate of drug-likeness (QED) is 0.442. The number of carbonyl (C=O) groups is 1. The molecule has 9 nitrogen and oxygen atoms in total. The number of allylic oxidation sites excluding steroid dienone is 1. The highest BCUT2D eigenvalue weighted by molar-refractivity contribution is 5.77. The number of rotatable bonds is 6. The zero-order valence-corrected chi connectivity index (χ0v) is 17.6.